The summed E-state index contributed by atoms with van der Waals surface area (Å²) in [5, 5.41) is 8.47. The van der Waals surface area contributed by atoms with E-state index in [1.165, 1.54) is 0 Å². The SMILES string of the molecule is CN1CC[C](C#N)CC1. The molecule has 0 saturated carbocycles. The maximum absolute atomic E-state index is 8.47. The molecule has 1 saturated heterocycles. The van der Waals surface area contributed by atoms with E-state index in [9.17, 15) is 0 Å². The third-order valence-electron chi connectivity index (χ3n) is 1.75. The van der Waals surface area contributed by atoms with Gasteiger partial charge in [0.1, 0.15) is 0 Å². The Morgan fingerprint density at radius 2 is 2.00 bits per heavy atom. The average molecular weight is 123 g/mol. The van der Waals surface area contributed by atoms with E-state index in [2.05, 4.69) is 18.0 Å². The molecule has 0 N–H and O–H groups in total. The summed E-state index contributed by atoms with van der Waals surface area (Å²) in [7, 11) is 2.09. The summed E-state index contributed by atoms with van der Waals surface area (Å²) >= 11 is 0. The Morgan fingerprint density at radius 3 is 2.44 bits per heavy atom. The quantitative estimate of drug-likeness (QED) is 0.476. The molecule has 0 aliphatic carbocycles. The minimum absolute atomic E-state index is 0.979. The van der Waals surface area contributed by atoms with E-state index in [1.807, 2.05) is 0 Å². The topological polar surface area (TPSA) is 27.0 Å². The fourth-order valence-electron chi connectivity index (χ4n) is 1.00. The van der Waals surface area contributed by atoms with Crippen molar-refractivity contribution < 1.29 is 0 Å². The number of nitriles is 1. The van der Waals surface area contributed by atoms with Gasteiger partial charge in [0.15, 0.2) is 0 Å². The summed E-state index contributed by atoms with van der Waals surface area (Å²) in [6.45, 7) is 2.12. The van der Waals surface area contributed by atoms with E-state index in [1.54, 1.807) is 0 Å². The van der Waals surface area contributed by atoms with Crippen LogP contribution in [0.25, 0.3) is 0 Å². The zero-order valence-corrected chi connectivity index (χ0v) is 5.72. The highest BCUT2D eigenvalue weighted by atomic mass is 15.1. The van der Waals surface area contributed by atoms with Crippen LogP contribution in [0.2, 0.25) is 0 Å². The molecule has 0 unspecified atom stereocenters. The summed E-state index contributed by atoms with van der Waals surface area (Å²) < 4.78 is 0. The monoisotopic (exact) mass is 123 g/mol. The molecule has 1 rings (SSSR count). The zero-order chi connectivity index (χ0) is 6.69. The van der Waals surface area contributed by atoms with Crippen LogP contribution in [-0.4, -0.2) is 25.0 Å². The van der Waals surface area contributed by atoms with E-state index in [0.29, 0.717) is 0 Å². The van der Waals surface area contributed by atoms with Crippen molar-refractivity contribution in [3.05, 3.63) is 5.92 Å². The van der Waals surface area contributed by atoms with Crippen LogP contribution in [0.4, 0.5) is 0 Å². The molecule has 1 aliphatic heterocycles. The molecule has 1 radical (unpaired) electrons. The third kappa shape index (κ3) is 1.69. The van der Waals surface area contributed by atoms with Gasteiger partial charge in [-0.2, -0.15) is 5.26 Å². The lowest BCUT2D eigenvalue weighted by molar-refractivity contribution is 0.299. The fourth-order valence-corrected chi connectivity index (χ4v) is 1.00. The molecule has 2 nitrogen and oxygen atoms in total. The van der Waals surface area contributed by atoms with Gasteiger partial charge < -0.3 is 4.90 Å². The molecular formula is C7H11N2. The van der Waals surface area contributed by atoms with Crippen LogP contribution < -0.4 is 0 Å². The summed E-state index contributed by atoms with van der Waals surface area (Å²) in [6.07, 6.45) is 1.96. The maximum atomic E-state index is 8.47. The lowest BCUT2D eigenvalue weighted by Crippen LogP contribution is -2.28. The molecule has 9 heavy (non-hydrogen) atoms. The minimum Gasteiger partial charge on any atom is -0.306 e. The average Bonchev–Trinajstić information content (AvgIpc) is 1.90. The van der Waals surface area contributed by atoms with E-state index < -0.39 is 0 Å². The first-order chi connectivity index (χ1) is 4.33. The standard InChI is InChI=1S/C7H11N2/c1-9-4-2-7(6-8)3-5-9/h2-5H2,1H3. The molecule has 1 aliphatic rings. The Kier molecular flexibility index (Phi) is 2.07. The molecule has 2 heteroatoms. The Bertz CT molecular complexity index is 117. The highest BCUT2D eigenvalue weighted by molar-refractivity contribution is 5.12. The van der Waals surface area contributed by atoms with E-state index in [4.69, 9.17) is 5.26 Å². The van der Waals surface area contributed by atoms with Gasteiger partial charge in [0.25, 0.3) is 0 Å². The third-order valence-corrected chi connectivity index (χ3v) is 1.75. The molecular weight excluding hydrogens is 112 g/mol. The summed E-state index contributed by atoms with van der Waals surface area (Å²) in [4.78, 5) is 2.25. The molecule has 0 aromatic heterocycles. The molecule has 0 spiro atoms. The fraction of sp³-hybridized carbons (Fsp3) is 0.714. The van der Waals surface area contributed by atoms with Crippen LogP contribution >= 0.6 is 0 Å². The van der Waals surface area contributed by atoms with Crippen molar-refractivity contribution in [2.75, 3.05) is 20.1 Å². The molecule has 0 aromatic rings. The van der Waals surface area contributed by atoms with Gasteiger partial charge in [0, 0.05) is 0 Å². The van der Waals surface area contributed by atoms with Crippen LogP contribution in [0.3, 0.4) is 0 Å². The summed E-state index contributed by atoms with van der Waals surface area (Å²) in [5.74, 6) is 1.06. The van der Waals surface area contributed by atoms with Crippen LogP contribution in [0.15, 0.2) is 0 Å². The molecule has 1 heterocycles. The van der Waals surface area contributed by atoms with Gasteiger partial charge in [-0.25, -0.2) is 0 Å². The highest BCUT2D eigenvalue weighted by Crippen LogP contribution is 2.15. The highest BCUT2D eigenvalue weighted by Gasteiger charge is 2.15. The van der Waals surface area contributed by atoms with Crippen molar-refractivity contribution in [3.8, 4) is 6.07 Å². The van der Waals surface area contributed by atoms with Crippen molar-refractivity contribution in [1.29, 1.82) is 5.26 Å². The Labute approximate surface area is 56.1 Å². The molecule has 0 bridgehead atoms. The largest absolute Gasteiger partial charge is 0.306 e. The minimum atomic E-state index is 0.979. The molecule has 1 fully saturated rings. The number of rotatable bonds is 0. The lowest BCUT2D eigenvalue weighted by Gasteiger charge is -2.23. The molecule has 0 amide bonds. The first kappa shape index (κ1) is 6.57. The first-order valence-corrected chi connectivity index (χ1v) is 3.26. The van der Waals surface area contributed by atoms with Crippen molar-refractivity contribution in [2.24, 2.45) is 0 Å². The molecule has 0 atom stereocenters. The predicted molar refractivity (Wildman–Crippen MR) is 35.6 cm³/mol. The van der Waals surface area contributed by atoms with Crippen molar-refractivity contribution in [2.45, 2.75) is 12.8 Å². The maximum Gasteiger partial charge on any atom is 0.0785 e. The normalized spacial score (nSPS) is 23.6. The van der Waals surface area contributed by atoms with Crippen LogP contribution in [0, 0.1) is 17.2 Å². The lowest BCUT2D eigenvalue weighted by atomic mass is 9.99. The number of piperidine rings is 1. The van der Waals surface area contributed by atoms with Crippen molar-refractivity contribution in [3.63, 3.8) is 0 Å². The van der Waals surface area contributed by atoms with Gasteiger partial charge in [-0.3, -0.25) is 0 Å². The molecule has 0 aromatic carbocycles. The predicted octanol–water partition coefficient (Wildman–Crippen LogP) is 0.810. The second-order valence-electron chi connectivity index (χ2n) is 2.52. The first-order valence-electron chi connectivity index (χ1n) is 3.26. The Morgan fingerprint density at radius 1 is 1.44 bits per heavy atom. The second-order valence-corrected chi connectivity index (χ2v) is 2.52. The number of likely N-dealkylation sites (tertiary alicyclic amines) is 1. The van der Waals surface area contributed by atoms with Crippen molar-refractivity contribution in [1.82, 2.24) is 4.90 Å². The van der Waals surface area contributed by atoms with Gasteiger partial charge in [0.05, 0.1) is 12.0 Å². The summed E-state index contributed by atoms with van der Waals surface area (Å²) in [5.41, 5.74) is 0. The van der Waals surface area contributed by atoms with Gasteiger partial charge >= 0.3 is 0 Å². The van der Waals surface area contributed by atoms with Gasteiger partial charge in [-0.15, -0.1) is 0 Å². The number of nitrogens with zero attached hydrogens (tertiary/aromatic N) is 2. The Balaban J connectivity index is 2.28. The summed E-state index contributed by atoms with van der Waals surface area (Å²) in [6, 6.07) is 2.21. The number of hydrogen-bond acceptors (Lipinski definition) is 2. The van der Waals surface area contributed by atoms with Crippen LogP contribution in [0.1, 0.15) is 12.8 Å². The van der Waals surface area contributed by atoms with Gasteiger partial charge in [-0.1, -0.05) is 0 Å². The molecule has 49 valence electrons. The van der Waals surface area contributed by atoms with Crippen LogP contribution in [-0.2, 0) is 0 Å². The Hall–Kier alpha value is -0.550. The second kappa shape index (κ2) is 2.84. The van der Waals surface area contributed by atoms with E-state index in [-0.39, 0.29) is 0 Å². The van der Waals surface area contributed by atoms with E-state index >= 15 is 0 Å². The van der Waals surface area contributed by atoms with E-state index in [0.717, 1.165) is 31.8 Å². The van der Waals surface area contributed by atoms with Crippen molar-refractivity contribution >= 4 is 0 Å². The van der Waals surface area contributed by atoms with Crippen LogP contribution in [0.5, 0.6) is 0 Å². The van der Waals surface area contributed by atoms with Gasteiger partial charge in [0.2, 0.25) is 0 Å². The zero-order valence-electron chi connectivity index (χ0n) is 5.72. The number of hydrogen-bond donors (Lipinski definition) is 0. The van der Waals surface area contributed by atoms with Gasteiger partial charge in [-0.05, 0) is 33.0 Å². The smallest absolute Gasteiger partial charge is 0.0785 e.